The summed E-state index contributed by atoms with van der Waals surface area (Å²) < 4.78 is 5.69. The lowest BCUT2D eigenvalue weighted by molar-refractivity contribution is -0.123. The summed E-state index contributed by atoms with van der Waals surface area (Å²) in [5.74, 6) is 0.683. The molecule has 3 nitrogen and oxygen atoms in total. The zero-order valence-corrected chi connectivity index (χ0v) is 15.4. The maximum absolute atomic E-state index is 12.2. The number of carbonyl (C=O) groups excluding carboxylic acids is 1. The van der Waals surface area contributed by atoms with Crippen LogP contribution in [0.5, 0.6) is 5.75 Å². The summed E-state index contributed by atoms with van der Waals surface area (Å²) in [5.41, 5.74) is 6.24. The number of carbonyl (C=O) groups is 1. The number of fused-ring (bicyclic) bond motifs is 1. The number of benzene rings is 2. The first kappa shape index (κ1) is 17.5. The Morgan fingerprint density at radius 2 is 1.84 bits per heavy atom. The van der Waals surface area contributed by atoms with Gasteiger partial charge in [-0.1, -0.05) is 30.3 Å². The molecule has 0 heterocycles. The van der Waals surface area contributed by atoms with Crippen molar-refractivity contribution in [2.45, 2.75) is 52.5 Å². The highest BCUT2D eigenvalue weighted by Gasteiger charge is 2.14. The van der Waals surface area contributed by atoms with Crippen LogP contribution in [0, 0.1) is 13.8 Å². The number of aryl methyl sites for hydroxylation is 4. The molecule has 0 aromatic heterocycles. The summed E-state index contributed by atoms with van der Waals surface area (Å²) in [5, 5.41) is 3.04. The van der Waals surface area contributed by atoms with Crippen LogP contribution in [0.1, 0.15) is 53.6 Å². The van der Waals surface area contributed by atoms with E-state index in [0.717, 1.165) is 23.3 Å². The van der Waals surface area contributed by atoms with E-state index in [1.165, 1.54) is 36.0 Å². The summed E-state index contributed by atoms with van der Waals surface area (Å²) in [6.07, 6.45) is 4.88. The largest absolute Gasteiger partial charge is 0.483 e. The van der Waals surface area contributed by atoms with Crippen LogP contribution in [0.2, 0.25) is 0 Å². The van der Waals surface area contributed by atoms with Crippen LogP contribution in [0.15, 0.2) is 36.4 Å². The van der Waals surface area contributed by atoms with E-state index in [-0.39, 0.29) is 18.6 Å². The average Bonchev–Trinajstić information content (AvgIpc) is 2.62. The van der Waals surface area contributed by atoms with Crippen LogP contribution in [0.3, 0.4) is 0 Å². The fourth-order valence-corrected chi connectivity index (χ4v) is 3.40. The van der Waals surface area contributed by atoms with Gasteiger partial charge in [0.25, 0.3) is 5.91 Å². The fourth-order valence-electron chi connectivity index (χ4n) is 3.40. The van der Waals surface area contributed by atoms with Crippen LogP contribution >= 0.6 is 0 Å². The van der Waals surface area contributed by atoms with E-state index in [0.29, 0.717) is 0 Å². The Hall–Kier alpha value is -2.29. The standard InChI is InChI=1S/C22H27NO2/c1-15-8-9-16(2)21(12-15)25-14-22(24)23-17(3)19-11-10-18-6-4-5-7-20(18)13-19/h8-13,17H,4-7,14H2,1-3H3,(H,23,24). The molecule has 3 rings (SSSR count). The third kappa shape index (κ3) is 4.41. The van der Waals surface area contributed by atoms with Crippen molar-refractivity contribution in [1.82, 2.24) is 5.32 Å². The van der Waals surface area contributed by atoms with E-state index in [1.54, 1.807) is 0 Å². The lowest BCUT2D eigenvalue weighted by Gasteiger charge is -2.20. The van der Waals surface area contributed by atoms with Crippen molar-refractivity contribution in [3.05, 3.63) is 64.2 Å². The minimum atomic E-state index is -0.0915. The zero-order chi connectivity index (χ0) is 17.8. The van der Waals surface area contributed by atoms with Gasteiger partial charge in [-0.15, -0.1) is 0 Å². The van der Waals surface area contributed by atoms with Crippen molar-refractivity contribution >= 4 is 5.91 Å². The molecule has 0 saturated heterocycles. The number of nitrogens with one attached hydrogen (secondary N) is 1. The molecule has 0 saturated carbocycles. The van der Waals surface area contributed by atoms with Crippen molar-refractivity contribution in [2.24, 2.45) is 0 Å². The quantitative estimate of drug-likeness (QED) is 0.876. The summed E-state index contributed by atoms with van der Waals surface area (Å²) in [4.78, 5) is 12.2. The molecule has 0 fully saturated rings. The highest BCUT2D eigenvalue weighted by atomic mass is 16.5. The van der Waals surface area contributed by atoms with Crippen LogP contribution < -0.4 is 10.1 Å². The van der Waals surface area contributed by atoms with E-state index in [9.17, 15) is 4.79 Å². The summed E-state index contributed by atoms with van der Waals surface area (Å²) >= 11 is 0. The number of ether oxygens (including phenoxy) is 1. The summed E-state index contributed by atoms with van der Waals surface area (Å²) in [6.45, 7) is 6.08. The van der Waals surface area contributed by atoms with E-state index >= 15 is 0 Å². The molecule has 3 heteroatoms. The van der Waals surface area contributed by atoms with Crippen molar-refractivity contribution in [2.75, 3.05) is 6.61 Å². The van der Waals surface area contributed by atoms with Gasteiger partial charge >= 0.3 is 0 Å². The molecule has 1 aliphatic carbocycles. The van der Waals surface area contributed by atoms with Gasteiger partial charge in [-0.2, -0.15) is 0 Å². The molecule has 1 N–H and O–H groups in total. The highest BCUT2D eigenvalue weighted by Crippen LogP contribution is 2.25. The van der Waals surface area contributed by atoms with Crippen LogP contribution in [0.25, 0.3) is 0 Å². The molecular weight excluding hydrogens is 310 g/mol. The molecule has 0 radical (unpaired) electrons. The maximum Gasteiger partial charge on any atom is 0.258 e. The number of amides is 1. The van der Waals surface area contributed by atoms with Crippen molar-refractivity contribution in [3.63, 3.8) is 0 Å². The molecule has 0 aliphatic heterocycles. The van der Waals surface area contributed by atoms with Gasteiger partial charge in [0.15, 0.2) is 6.61 Å². The molecule has 1 atom stereocenters. The van der Waals surface area contributed by atoms with Gasteiger partial charge in [0.1, 0.15) is 5.75 Å². The van der Waals surface area contributed by atoms with Gasteiger partial charge in [-0.25, -0.2) is 0 Å². The Morgan fingerprint density at radius 1 is 1.08 bits per heavy atom. The van der Waals surface area contributed by atoms with Gasteiger partial charge in [0, 0.05) is 0 Å². The Morgan fingerprint density at radius 3 is 2.64 bits per heavy atom. The lowest BCUT2D eigenvalue weighted by atomic mass is 9.89. The third-order valence-electron chi connectivity index (χ3n) is 4.95. The molecule has 0 bridgehead atoms. The SMILES string of the molecule is Cc1ccc(C)c(OCC(=O)NC(C)c2ccc3c(c2)CCCC3)c1. The van der Waals surface area contributed by atoms with E-state index in [4.69, 9.17) is 4.74 Å². The predicted molar refractivity (Wildman–Crippen MR) is 101 cm³/mol. The van der Waals surface area contributed by atoms with E-state index in [1.807, 2.05) is 39.0 Å². The highest BCUT2D eigenvalue weighted by molar-refractivity contribution is 5.78. The molecule has 25 heavy (non-hydrogen) atoms. The third-order valence-corrected chi connectivity index (χ3v) is 4.95. The molecule has 132 valence electrons. The average molecular weight is 337 g/mol. The van der Waals surface area contributed by atoms with Gasteiger partial charge in [-0.3, -0.25) is 4.79 Å². The summed E-state index contributed by atoms with van der Waals surface area (Å²) in [6, 6.07) is 12.6. The first-order valence-corrected chi connectivity index (χ1v) is 9.14. The number of hydrogen-bond donors (Lipinski definition) is 1. The van der Waals surface area contributed by atoms with Gasteiger partial charge < -0.3 is 10.1 Å². The summed E-state index contributed by atoms with van der Waals surface area (Å²) in [7, 11) is 0. The Bertz CT molecular complexity index is 767. The molecule has 2 aromatic carbocycles. The fraction of sp³-hybridized carbons (Fsp3) is 0.409. The monoisotopic (exact) mass is 337 g/mol. The van der Waals surface area contributed by atoms with Gasteiger partial charge in [0.2, 0.25) is 0 Å². The number of hydrogen-bond acceptors (Lipinski definition) is 2. The minimum absolute atomic E-state index is 0.0121. The second-order valence-corrected chi connectivity index (χ2v) is 7.08. The Labute approximate surface area is 150 Å². The molecule has 1 aliphatic rings. The molecule has 1 unspecified atom stereocenters. The topological polar surface area (TPSA) is 38.3 Å². The molecule has 1 amide bonds. The first-order chi connectivity index (χ1) is 12.0. The van der Waals surface area contributed by atoms with Crippen molar-refractivity contribution in [1.29, 1.82) is 0 Å². The molecular formula is C22H27NO2. The second-order valence-electron chi connectivity index (χ2n) is 7.08. The molecule has 2 aromatic rings. The molecule has 0 spiro atoms. The lowest BCUT2D eigenvalue weighted by Crippen LogP contribution is -2.31. The van der Waals surface area contributed by atoms with Crippen LogP contribution in [-0.2, 0) is 17.6 Å². The van der Waals surface area contributed by atoms with E-state index in [2.05, 4.69) is 23.5 Å². The zero-order valence-electron chi connectivity index (χ0n) is 15.4. The van der Waals surface area contributed by atoms with Crippen LogP contribution in [0.4, 0.5) is 0 Å². The van der Waals surface area contributed by atoms with Gasteiger partial charge in [-0.05, 0) is 80.3 Å². The maximum atomic E-state index is 12.2. The van der Waals surface area contributed by atoms with Crippen molar-refractivity contribution in [3.8, 4) is 5.75 Å². The smallest absolute Gasteiger partial charge is 0.258 e. The van der Waals surface area contributed by atoms with Gasteiger partial charge in [0.05, 0.1) is 6.04 Å². The van der Waals surface area contributed by atoms with Crippen molar-refractivity contribution < 1.29 is 9.53 Å². The first-order valence-electron chi connectivity index (χ1n) is 9.14. The number of rotatable bonds is 5. The minimum Gasteiger partial charge on any atom is -0.483 e. The van der Waals surface area contributed by atoms with Crippen LogP contribution in [-0.4, -0.2) is 12.5 Å². The Kier molecular flexibility index (Phi) is 5.42. The second kappa shape index (κ2) is 7.73. The normalized spacial score (nSPS) is 14.5. The van der Waals surface area contributed by atoms with E-state index < -0.39 is 0 Å². The predicted octanol–water partition coefficient (Wildman–Crippen LogP) is 4.44. The Balaban J connectivity index is 1.58.